The number of carboxylic acid groups (broad SMARTS) is 1. The second-order valence-corrected chi connectivity index (χ2v) is 5.42. The molecule has 0 aromatic carbocycles. The van der Waals surface area contributed by atoms with Crippen molar-refractivity contribution in [2.75, 3.05) is 39.3 Å². The average Bonchev–Trinajstić information content (AvgIpc) is 2.81. The van der Waals surface area contributed by atoms with E-state index in [1.165, 1.54) is 0 Å². The summed E-state index contributed by atoms with van der Waals surface area (Å²) in [4.78, 5) is 16.0. The van der Waals surface area contributed by atoms with Gasteiger partial charge >= 0.3 is 5.97 Å². The van der Waals surface area contributed by atoms with E-state index in [-0.39, 0.29) is 11.8 Å². The maximum Gasteiger partial charge on any atom is 0.308 e. The Labute approximate surface area is 118 Å². The van der Waals surface area contributed by atoms with E-state index in [2.05, 4.69) is 23.6 Å². The van der Waals surface area contributed by atoms with Crippen molar-refractivity contribution in [1.82, 2.24) is 9.80 Å². The molecule has 2 atom stereocenters. The minimum atomic E-state index is -0.646. The van der Waals surface area contributed by atoms with Crippen LogP contribution in [0.3, 0.4) is 0 Å². The van der Waals surface area contributed by atoms with Crippen molar-refractivity contribution in [2.45, 2.75) is 33.0 Å². The predicted octanol–water partition coefficient (Wildman–Crippen LogP) is 1.33. The Morgan fingerprint density at radius 1 is 1.37 bits per heavy atom. The lowest BCUT2D eigenvalue weighted by Crippen LogP contribution is -2.34. The van der Waals surface area contributed by atoms with Crippen molar-refractivity contribution >= 4 is 13.8 Å². The van der Waals surface area contributed by atoms with Gasteiger partial charge in [0.25, 0.3) is 0 Å². The van der Waals surface area contributed by atoms with Crippen LogP contribution >= 0.6 is 0 Å². The van der Waals surface area contributed by atoms with Crippen LogP contribution < -0.4 is 0 Å². The summed E-state index contributed by atoms with van der Waals surface area (Å²) in [5.41, 5.74) is 0. The topological polar surface area (TPSA) is 43.8 Å². The lowest BCUT2D eigenvalue weighted by atomic mass is 9.88. The summed E-state index contributed by atoms with van der Waals surface area (Å²) in [6.45, 7) is 10.1. The highest BCUT2D eigenvalue weighted by Crippen LogP contribution is 2.27. The first kappa shape index (κ1) is 16.5. The first-order chi connectivity index (χ1) is 9.12. The fourth-order valence-corrected chi connectivity index (χ4v) is 2.92. The van der Waals surface area contributed by atoms with Crippen molar-refractivity contribution in [1.29, 1.82) is 0 Å². The summed E-state index contributed by atoms with van der Waals surface area (Å²) in [6, 6.07) is 0. The zero-order valence-corrected chi connectivity index (χ0v) is 12.3. The van der Waals surface area contributed by atoms with Gasteiger partial charge in [-0.15, -0.1) is 0 Å². The summed E-state index contributed by atoms with van der Waals surface area (Å²) in [7, 11) is 5.53. The van der Waals surface area contributed by atoms with Crippen LogP contribution in [0.2, 0.25) is 6.32 Å². The Morgan fingerprint density at radius 2 is 2.05 bits per heavy atom. The van der Waals surface area contributed by atoms with Crippen molar-refractivity contribution < 1.29 is 9.90 Å². The van der Waals surface area contributed by atoms with Crippen molar-refractivity contribution in [3.63, 3.8) is 0 Å². The molecular weight excluding hydrogens is 239 g/mol. The molecule has 0 aromatic rings. The van der Waals surface area contributed by atoms with Crippen LogP contribution in [-0.2, 0) is 4.79 Å². The van der Waals surface area contributed by atoms with Crippen molar-refractivity contribution in [3.05, 3.63) is 0 Å². The van der Waals surface area contributed by atoms with Crippen LogP contribution in [0.1, 0.15) is 26.7 Å². The molecule has 0 unspecified atom stereocenters. The van der Waals surface area contributed by atoms with Gasteiger partial charge in [-0.3, -0.25) is 4.79 Å². The Hall–Kier alpha value is -0.545. The van der Waals surface area contributed by atoms with Crippen LogP contribution in [0.4, 0.5) is 0 Å². The van der Waals surface area contributed by atoms with Crippen molar-refractivity contribution in [2.24, 2.45) is 11.8 Å². The van der Waals surface area contributed by atoms with Crippen LogP contribution in [0.5, 0.6) is 0 Å². The maximum absolute atomic E-state index is 11.3. The Kier molecular flexibility index (Phi) is 7.46. The van der Waals surface area contributed by atoms with E-state index < -0.39 is 5.97 Å². The average molecular weight is 266 g/mol. The third-order valence-corrected chi connectivity index (χ3v) is 4.24. The van der Waals surface area contributed by atoms with E-state index in [0.717, 1.165) is 45.6 Å². The van der Waals surface area contributed by atoms with Gasteiger partial charge in [0, 0.05) is 26.2 Å². The molecule has 0 amide bonds. The number of rotatable bonds is 9. The molecule has 1 saturated heterocycles. The van der Waals surface area contributed by atoms with Gasteiger partial charge in [-0.05, 0) is 25.4 Å². The molecule has 0 saturated carbocycles. The predicted molar refractivity (Wildman–Crippen MR) is 78.6 cm³/mol. The van der Waals surface area contributed by atoms with Gasteiger partial charge in [0.05, 0.1) is 13.8 Å². The van der Waals surface area contributed by atoms with Crippen LogP contribution in [0.25, 0.3) is 0 Å². The number of aliphatic carboxylic acids is 1. The molecular formula is C14H27BN2O2. The zero-order chi connectivity index (χ0) is 14.3. The Balaban J connectivity index is 2.43. The third kappa shape index (κ3) is 5.15. The van der Waals surface area contributed by atoms with E-state index in [0.29, 0.717) is 12.9 Å². The molecule has 0 bridgehead atoms. The summed E-state index contributed by atoms with van der Waals surface area (Å²) in [5.74, 6) is -0.576. The monoisotopic (exact) mass is 266 g/mol. The number of likely N-dealkylation sites (tertiary alicyclic amines) is 1. The van der Waals surface area contributed by atoms with Crippen molar-refractivity contribution in [3.8, 4) is 0 Å². The fourth-order valence-electron chi connectivity index (χ4n) is 2.92. The highest BCUT2D eigenvalue weighted by Gasteiger charge is 2.36. The normalized spacial score (nSPS) is 24.2. The number of nitrogens with zero attached hydrogens (tertiary/aromatic N) is 2. The second-order valence-electron chi connectivity index (χ2n) is 5.42. The number of likely N-dealkylation sites (N-methyl/N-ethyl adjacent to an activating group) is 1. The van der Waals surface area contributed by atoms with Gasteiger partial charge < -0.3 is 14.9 Å². The van der Waals surface area contributed by atoms with Gasteiger partial charge in [0.15, 0.2) is 0 Å². The first-order valence-corrected chi connectivity index (χ1v) is 7.49. The number of carboxylic acids is 1. The number of carbonyl (C=O) groups is 1. The zero-order valence-electron chi connectivity index (χ0n) is 12.3. The summed E-state index contributed by atoms with van der Waals surface area (Å²) < 4.78 is 0. The van der Waals surface area contributed by atoms with Gasteiger partial charge in [0.2, 0.25) is 0 Å². The minimum absolute atomic E-state index is 0.205. The molecule has 4 nitrogen and oxygen atoms in total. The first-order valence-electron chi connectivity index (χ1n) is 7.49. The quantitative estimate of drug-likeness (QED) is 0.639. The van der Waals surface area contributed by atoms with Gasteiger partial charge in [-0.2, -0.15) is 0 Å². The summed E-state index contributed by atoms with van der Waals surface area (Å²) in [6.07, 6.45) is 2.52. The van der Waals surface area contributed by atoms with Crippen LogP contribution in [-0.4, -0.2) is 68.0 Å². The minimum Gasteiger partial charge on any atom is -0.481 e. The highest BCUT2D eigenvalue weighted by molar-refractivity contribution is 6.08. The molecule has 1 rings (SSSR count). The molecule has 1 N–H and O–H groups in total. The summed E-state index contributed by atoms with van der Waals surface area (Å²) >= 11 is 0. The van der Waals surface area contributed by atoms with Crippen LogP contribution in [0, 0.1) is 11.8 Å². The van der Waals surface area contributed by atoms with E-state index in [1.54, 1.807) is 0 Å². The smallest absolute Gasteiger partial charge is 0.308 e. The number of hydrogen-bond acceptors (Lipinski definition) is 3. The molecule has 1 fully saturated rings. The molecule has 1 aliphatic heterocycles. The fraction of sp³-hybridized carbons (Fsp3) is 0.929. The third-order valence-electron chi connectivity index (χ3n) is 4.24. The standard InChI is InChI=1S/C14H27BN2O2/c1-3-16(4-2)8-9-17-10-12(6-5-7-15)13(11-17)14(18)19/h12-13H,3-11H2,1-2H3,(H,18,19)/t12-,13+/m0/s1. The highest BCUT2D eigenvalue weighted by atomic mass is 16.4. The molecule has 0 aliphatic carbocycles. The molecule has 19 heavy (non-hydrogen) atoms. The van der Waals surface area contributed by atoms with E-state index >= 15 is 0 Å². The molecule has 1 heterocycles. The molecule has 2 radical (unpaired) electrons. The Morgan fingerprint density at radius 3 is 2.58 bits per heavy atom. The number of hydrogen-bond donors (Lipinski definition) is 1. The lowest BCUT2D eigenvalue weighted by Gasteiger charge is -2.22. The molecule has 0 spiro atoms. The lowest BCUT2D eigenvalue weighted by molar-refractivity contribution is -0.142. The van der Waals surface area contributed by atoms with Gasteiger partial charge in [-0.1, -0.05) is 26.6 Å². The largest absolute Gasteiger partial charge is 0.481 e. The maximum atomic E-state index is 11.3. The second kappa shape index (κ2) is 8.59. The van der Waals surface area contributed by atoms with Gasteiger partial charge in [-0.25, -0.2) is 0 Å². The molecule has 108 valence electrons. The van der Waals surface area contributed by atoms with E-state index in [9.17, 15) is 9.90 Å². The summed E-state index contributed by atoms with van der Waals surface area (Å²) in [5, 5.41) is 9.30. The Bertz CT molecular complexity index is 272. The van der Waals surface area contributed by atoms with Crippen LogP contribution in [0.15, 0.2) is 0 Å². The molecule has 5 heteroatoms. The molecule has 1 aliphatic rings. The van der Waals surface area contributed by atoms with Gasteiger partial charge in [0.1, 0.15) is 0 Å². The van der Waals surface area contributed by atoms with E-state index in [4.69, 9.17) is 7.85 Å². The van der Waals surface area contributed by atoms with E-state index in [1.807, 2.05) is 0 Å². The molecule has 0 aromatic heterocycles. The SMILES string of the molecule is [B]CCC[C@H]1CN(CCN(CC)CC)C[C@H]1C(=O)O.